The summed E-state index contributed by atoms with van der Waals surface area (Å²) in [6.07, 6.45) is 0. The van der Waals surface area contributed by atoms with Crippen molar-refractivity contribution in [1.29, 1.82) is 0 Å². The number of anilines is 1. The van der Waals surface area contributed by atoms with Crippen LogP contribution in [0, 0.1) is 0 Å². The summed E-state index contributed by atoms with van der Waals surface area (Å²) in [5.74, 6) is 0.445. The van der Waals surface area contributed by atoms with Gasteiger partial charge in [-0.3, -0.25) is 0 Å². The van der Waals surface area contributed by atoms with Gasteiger partial charge in [-0.2, -0.15) is 16.3 Å². The highest BCUT2D eigenvalue weighted by Gasteiger charge is 2.11. The highest BCUT2D eigenvalue weighted by molar-refractivity contribution is 7.08. The van der Waals surface area contributed by atoms with Crippen LogP contribution < -0.4 is 5.32 Å². The number of thiophene rings is 1. The Labute approximate surface area is 107 Å². The van der Waals surface area contributed by atoms with E-state index in [1.54, 1.807) is 11.3 Å². The highest BCUT2D eigenvalue weighted by Crippen LogP contribution is 2.24. The lowest BCUT2D eigenvalue weighted by Gasteiger charge is -2.13. The molecule has 1 unspecified atom stereocenters. The van der Waals surface area contributed by atoms with Crippen LogP contribution in [-0.2, 0) is 0 Å². The molecule has 0 saturated carbocycles. The van der Waals surface area contributed by atoms with Crippen molar-refractivity contribution in [1.82, 2.24) is 15.2 Å². The van der Waals surface area contributed by atoms with E-state index in [9.17, 15) is 0 Å². The zero-order valence-corrected chi connectivity index (χ0v) is 10.6. The second-order valence-electron chi connectivity index (χ2n) is 3.14. The van der Waals surface area contributed by atoms with Gasteiger partial charge in [-0.1, -0.05) is 11.6 Å². The molecular weight excluding hydrogens is 267 g/mol. The fourth-order valence-electron chi connectivity index (χ4n) is 1.19. The number of halogens is 2. The van der Waals surface area contributed by atoms with Crippen LogP contribution >= 0.6 is 34.5 Å². The molecule has 0 bridgehead atoms. The average molecular weight is 275 g/mol. The van der Waals surface area contributed by atoms with Gasteiger partial charge in [0.25, 0.3) is 0 Å². The molecule has 7 heteroatoms. The summed E-state index contributed by atoms with van der Waals surface area (Å²) in [5, 5.41) is 14.7. The van der Waals surface area contributed by atoms with E-state index in [-0.39, 0.29) is 16.5 Å². The maximum atomic E-state index is 5.85. The lowest BCUT2D eigenvalue weighted by atomic mass is 10.2. The minimum atomic E-state index is 0.0735. The summed E-state index contributed by atoms with van der Waals surface area (Å²) in [5.41, 5.74) is 1.16. The molecule has 0 aliphatic rings. The van der Waals surface area contributed by atoms with Crippen molar-refractivity contribution in [3.63, 3.8) is 0 Å². The largest absolute Gasteiger partial charge is 0.361 e. The molecular formula is C9H8Cl2N4S. The number of rotatable bonds is 3. The molecule has 0 radical (unpaired) electrons. The van der Waals surface area contributed by atoms with Crippen molar-refractivity contribution in [3.05, 3.63) is 32.8 Å². The van der Waals surface area contributed by atoms with Crippen molar-refractivity contribution >= 4 is 40.4 Å². The normalized spacial score (nSPS) is 12.4. The van der Waals surface area contributed by atoms with Crippen LogP contribution in [0.4, 0.5) is 5.82 Å². The van der Waals surface area contributed by atoms with Crippen LogP contribution in [-0.4, -0.2) is 15.2 Å². The smallest absolute Gasteiger partial charge is 0.245 e. The van der Waals surface area contributed by atoms with Gasteiger partial charge in [0.1, 0.15) is 0 Å². The highest BCUT2D eigenvalue weighted by atomic mass is 35.5. The van der Waals surface area contributed by atoms with E-state index in [4.69, 9.17) is 23.2 Å². The lowest BCUT2D eigenvalue weighted by molar-refractivity contribution is 0.863. The molecule has 1 N–H and O–H groups in total. The third kappa shape index (κ3) is 2.61. The van der Waals surface area contributed by atoms with Gasteiger partial charge < -0.3 is 5.32 Å². The molecule has 2 rings (SSSR count). The predicted molar refractivity (Wildman–Crippen MR) is 66.2 cm³/mol. The quantitative estimate of drug-likeness (QED) is 0.932. The first-order valence-electron chi connectivity index (χ1n) is 4.51. The molecule has 84 valence electrons. The van der Waals surface area contributed by atoms with Crippen molar-refractivity contribution < 1.29 is 0 Å². The molecule has 0 saturated heterocycles. The van der Waals surface area contributed by atoms with E-state index in [2.05, 4.69) is 25.9 Å². The van der Waals surface area contributed by atoms with Crippen LogP contribution in [0.3, 0.4) is 0 Å². The van der Waals surface area contributed by atoms with Gasteiger partial charge in [-0.15, -0.1) is 10.2 Å². The first kappa shape index (κ1) is 11.6. The number of hydrogen-bond acceptors (Lipinski definition) is 5. The molecule has 2 heterocycles. The third-order valence-corrected chi connectivity index (χ3v) is 3.13. The van der Waals surface area contributed by atoms with Crippen LogP contribution in [0.5, 0.6) is 0 Å². The minimum absolute atomic E-state index is 0.0735. The average Bonchev–Trinajstić information content (AvgIpc) is 2.76. The molecule has 2 aromatic rings. The molecule has 2 aromatic heterocycles. The number of hydrogen-bond donors (Lipinski definition) is 1. The second kappa shape index (κ2) is 4.95. The standard InChI is InChI=1S/C9H8Cl2N4S/c1-5(6-2-3-16-4-6)12-8-7(10)14-15-9(11)13-8/h2-5H,1H3,(H,12,13,15). The Morgan fingerprint density at radius 1 is 1.38 bits per heavy atom. The van der Waals surface area contributed by atoms with Gasteiger partial charge in [-0.05, 0) is 40.9 Å². The number of aromatic nitrogens is 3. The number of nitrogens with one attached hydrogen (secondary N) is 1. The monoisotopic (exact) mass is 274 g/mol. The molecule has 0 amide bonds. The van der Waals surface area contributed by atoms with E-state index in [0.717, 1.165) is 5.56 Å². The summed E-state index contributed by atoms with van der Waals surface area (Å²) in [7, 11) is 0. The van der Waals surface area contributed by atoms with E-state index in [0.29, 0.717) is 5.82 Å². The zero-order valence-electron chi connectivity index (χ0n) is 8.32. The van der Waals surface area contributed by atoms with Gasteiger partial charge in [0, 0.05) is 0 Å². The van der Waals surface area contributed by atoms with Crippen LogP contribution in [0.25, 0.3) is 0 Å². The van der Waals surface area contributed by atoms with Crippen molar-refractivity contribution in [2.75, 3.05) is 5.32 Å². The second-order valence-corrected chi connectivity index (χ2v) is 4.62. The van der Waals surface area contributed by atoms with Gasteiger partial charge in [0.15, 0.2) is 11.0 Å². The van der Waals surface area contributed by atoms with E-state index in [1.807, 2.05) is 18.4 Å². The van der Waals surface area contributed by atoms with E-state index >= 15 is 0 Å². The summed E-state index contributed by atoms with van der Waals surface area (Å²) in [4.78, 5) is 3.97. The van der Waals surface area contributed by atoms with Crippen LogP contribution in [0.1, 0.15) is 18.5 Å². The Hall–Kier alpha value is -0.910. The Balaban J connectivity index is 2.17. The summed E-state index contributed by atoms with van der Waals surface area (Å²) >= 11 is 13.1. The predicted octanol–water partition coefficient (Wildman–Crippen LogP) is 3.41. The van der Waals surface area contributed by atoms with E-state index < -0.39 is 0 Å². The molecule has 16 heavy (non-hydrogen) atoms. The molecule has 1 atom stereocenters. The first-order valence-corrected chi connectivity index (χ1v) is 6.21. The van der Waals surface area contributed by atoms with Crippen molar-refractivity contribution in [2.24, 2.45) is 0 Å². The Bertz CT molecular complexity index is 474. The number of nitrogens with zero attached hydrogens (tertiary/aromatic N) is 3. The fraction of sp³-hybridized carbons (Fsp3) is 0.222. The summed E-state index contributed by atoms with van der Waals surface area (Å²) in [6, 6.07) is 2.13. The first-order chi connectivity index (χ1) is 7.66. The molecule has 4 nitrogen and oxygen atoms in total. The van der Waals surface area contributed by atoms with Gasteiger partial charge in [0.05, 0.1) is 6.04 Å². The maximum absolute atomic E-state index is 5.85. The Morgan fingerprint density at radius 2 is 2.19 bits per heavy atom. The molecule has 0 aliphatic carbocycles. The van der Waals surface area contributed by atoms with Crippen LogP contribution in [0.2, 0.25) is 10.4 Å². The lowest BCUT2D eigenvalue weighted by Crippen LogP contribution is -2.08. The van der Waals surface area contributed by atoms with Crippen LogP contribution in [0.15, 0.2) is 16.8 Å². The van der Waals surface area contributed by atoms with Gasteiger partial charge in [-0.25, -0.2) is 0 Å². The maximum Gasteiger partial charge on any atom is 0.245 e. The minimum Gasteiger partial charge on any atom is -0.361 e. The van der Waals surface area contributed by atoms with Crippen molar-refractivity contribution in [2.45, 2.75) is 13.0 Å². The SMILES string of the molecule is CC(Nc1nc(Cl)nnc1Cl)c1ccsc1. The molecule has 0 aromatic carbocycles. The third-order valence-electron chi connectivity index (χ3n) is 2.02. The van der Waals surface area contributed by atoms with E-state index in [1.165, 1.54) is 0 Å². The summed E-state index contributed by atoms with van der Waals surface area (Å²) < 4.78 is 0. The molecule has 0 fully saturated rings. The Kier molecular flexibility index (Phi) is 3.58. The van der Waals surface area contributed by atoms with Gasteiger partial charge in [0.2, 0.25) is 5.28 Å². The van der Waals surface area contributed by atoms with Gasteiger partial charge >= 0.3 is 0 Å². The van der Waals surface area contributed by atoms with Crippen molar-refractivity contribution in [3.8, 4) is 0 Å². The molecule has 0 aliphatic heterocycles. The topological polar surface area (TPSA) is 50.7 Å². The zero-order chi connectivity index (χ0) is 11.5. The summed E-state index contributed by atoms with van der Waals surface area (Å²) in [6.45, 7) is 2.01. The fourth-order valence-corrected chi connectivity index (χ4v) is 2.21. The molecule has 0 spiro atoms. The Morgan fingerprint density at radius 3 is 2.88 bits per heavy atom.